The van der Waals surface area contributed by atoms with Gasteiger partial charge in [-0.15, -0.1) is 23.1 Å². The molecule has 0 aromatic carbocycles. The third kappa shape index (κ3) is 5.96. The van der Waals surface area contributed by atoms with Gasteiger partial charge in [0.1, 0.15) is 0 Å². The van der Waals surface area contributed by atoms with E-state index in [-0.39, 0.29) is 23.6 Å². The van der Waals surface area contributed by atoms with Gasteiger partial charge in [0, 0.05) is 10.1 Å². The Kier molecular flexibility index (Phi) is 7.09. The summed E-state index contributed by atoms with van der Waals surface area (Å²) in [6.07, 6.45) is 0.0798. The van der Waals surface area contributed by atoms with Crippen molar-refractivity contribution in [2.45, 2.75) is 38.5 Å². The van der Waals surface area contributed by atoms with Crippen LogP contribution in [0.25, 0.3) is 0 Å². The molecule has 4 nitrogen and oxygen atoms in total. The second-order valence-electron chi connectivity index (χ2n) is 5.02. The van der Waals surface area contributed by atoms with E-state index in [9.17, 15) is 9.59 Å². The third-order valence-corrected chi connectivity index (χ3v) is 4.91. The summed E-state index contributed by atoms with van der Waals surface area (Å²) < 4.78 is 0. The molecule has 0 fully saturated rings. The Labute approximate surface area is 128 Å². The Morgan fingerprint density at radius 3 is 2.60 bits per heavy atom. The summed E-state index contributed by atoms with van der Waals surface area (Å²) in [5.74, 6) is -0.259. The van der Waals surface area contributed by atoms with Crippen LogP contribution in [0, 0.1) is 5.92 Å². The predicted molar refractivity (Wildman–Crippen MR) is 84.2 cm³/mol. The highest BCUT2D eigenvalue weighted by Gasteiger charge is 2.19. The number of rotatable bonds is 8. The standard InChI is InChI=1S/C14H21NO3S2/c1-9(2)14(11-5-4-6-19-11)15-12(16)8-20-10(3)7-13(17)18/h4-6,9-10,14H,7-8H2,1-3H3,(H,15,16)(H,17,18). The fourth-order valence-corrected chi connectivity index (χ4v) is 3.50. The summed E-state index contributed by atoms with van der Waals surface area (Å²) >= 11 is 3.01. The number of hydrogen-bond donors (Lipinski definition) is 2. The minimum absolute atomic E-state index is 0.0258. The minimum Gasteiger partial charge on any atom is -0.481 e. The molecule has 1 heterocycles. The first kappa shape index (κ1) is 17.0. The summed E-state index contributed by atoms with van der Waals surface area (Å²) in [5, 5.41) is 13.7. The molecule has 2 unspecified atom stereocenters. The van der Waals surface area contributed by atoms with Crippen LogP contribution >= 0.6 is 23.1 Å². The molecule has 1 aromatic rings. The predicted octanol–water partition coefficient (Wildman–Crippen LogP) is 3.16. The van der Waals surface area contributed by atoms with Gasteiger partial charge in [-0.05, 0) is 17.4 Å². The lowest BCUT2D eigenvalue weighted by atomic mass is 10.0. The number of carboxylic acid groups (broad SMARTS) is 1. The Morgan fingerprint density at radius 2 is 2.10 bits per heavy atom. The number of hydrogen-bond acceptors (Lipinski definition) is 4. The number of carboxylic acids is 1. The second-order valence-corrected chi connectivity index (χ2v) is 7.43. The molecule has 2 atom stereocenters. The van der Waals surface area contributed by atoms with Crippen LogP contribution in [0.3, 0.4) is 0 Å². The summed E-state index contributed by atoms with van der Waals surface area (Å²) in [6, 6.07) is 4.03. The zero-order valence-corrected chi connectivity index (χ0v) is 13.6. The van der Waals surface area contributed by atoms with Crippen molar-refractivity contribution in [1.29, 1.82) is 0 Å². The van der Waals surface area contributed by atoms with Gasteiger partial charge in [0.15, 0.2) is 0 Å². The second kappa shape index (κ2) is 8.32. The van der Waals surface area contributed by atoms with Crippen molar-refractivity contribution >= 4 is 35.0 Å². The average molecular weight is 315 g/mol. The lowest BCUT2D eigenvalue weighted by Crippen LogP contribution is -2.32. The van der Waals surface area contributed by atoms with E-state index in [1.807, 2.05) is 24.4 Å². The fourth-order valence-electron chi connectivity index (χ4n) is 1.77. The number of thioether (sulfide) groups is 1. The molecular weight excluding hydrogens is 294 g/mol. The molecule has 0 saturated carbocycles. The molecule has 6 heteroatoms. The van der Waals surface area contributed by atoms with Crippen LogP contribution in [0.2, 0.25) is 0 Å². The van der Waals surface area contributed by atoms with Gasteiger partial charge in [-0.1, -0.05) is 26.8 Å². The molecule has 20 heavy (non-hydrogen) atoms. The molecule has 0 saturated heterocycles. The van der Waals surface area contributed by atoms with E-state index in [1.54, 1.807) is 11.3 Å². The Balaban J connectivity index is 2.45. The molecule has 0 spiro atoms. The quantitative estimate of drug-likeness (QED) is 0.773. The van der Waals surface area contributed by atoms with Gasteiger partial charge in [0.25, 0.3) is 0 Å². The smallest absolute Gasteiger partial charge is 0.304 e. The topological polar surface area (TPSA) is 66.4 Å². The summed E-state index contributed by atoms with van der Waals surface area (Å²) in [7, 11) is 0. The van der Waals surface area contributed by atoms with Gasteiger partial charge in [0.05, 0.1) is 18.2 Å². The summed E-state index contributed by atoms with van der Waals surface area (Å²) in [4.78, 5) is 23.7. The van der Waals surface area contributed by atoms with Crippen LogP contribution in [0.15, 0.2) is 17.5 Å². The van der Waals surface area contributed by atoms with Crippen LogP contribution in [0.5, 0.6) is 0 Å². The molecule has 2 N–H and O–H groups in total. The molecule has 0 aliphatic heterocycles. The normalized spacial score (nSPS) is 14.0. The number of thiophene rings is 1. The first-order valence-corrected chi connectivity index (χ1v) is 8.49. The van der Waals surface area contributed by atoms with Gasteiger partial charge in [-0.2, -0.15) is 0 Å². The molecule has 1 aromatic heterocycles. The maximum atomic E-state index is 12.0. The number of amides is 1. The van der Waals surface area contributed by atoms with Gasteiger partial charge < -0.3 is 10.4 Å². The van der Waals surface area contributed by atoms with Crippen molar-refractivity contribution < 1.29 is 14.7 Å². The lowest BCUT2D eigenvalue weighted by molar-refractivity contribution is -0.136. The van der Waals surface area contributed by atoms with Crippen LogP contribution in [0.4, 0.5) is 0 Å². The van der Waals surface area contributed by atoms with E-state index in [0.717, 1.165) is 4.88 Å². The Hall–Kier alpha value is -1.01. The van der Waals surface area contributed by atoms with E-state index in [0.29, 0.717) is 11.7 Å². The van der Waals surface area contributed by atoms with Gasteiger partial charge >= 0.3 is 5.97 Å². The van der Waals surface area contributed by atoms with Gasteiger partial charge in [0.2, 0.25) is 5.91 Å². The highest BCUT2D eigenvalue weighted by Crippen LogP contribution is 2.26. The van der Waals surface area contributed by atoms with Crippen LogP contribution in [-0.4, -0.2) is 28.0 Å². The van der Waals surface area contributed by atoms with Crippen molar-refractivity contribution in [3.63, 3.8) is 0 Å². The SMILES string of the molecule is CC(CC(=O)O)SCC(=O)NC(c1cccs1)C(C)C. The Morgan fingerprint density at radius 1 is 1.40 bits per heavy atom. The van der Waals surface area contributed by atoms with Crippen molar-refractivity contribution in [3.8, 4) is 0 Å². The zero-order valence-electron chi connectivity index (χ0n) is 12.0. The van der Waals surface area contributed by atoms with E-state index >= 15 is 0 Å². The highest BCUT2D eigenvalue weighted by molar-refractivity contribution is 8.00. The third-order valence-electron chi connectivity index (χ3n) is 2.79. The zero-order chi connectivity index (χ0) is 15.1. The molecular formula is C14H21NO3S2. The van der Waals surface area contributed by atoms with E-state index in [2.05, 4.69) is 19.2 Å². The molecule has 1 rings (SSSR count). The van der Waals surface area contributed by atoms with E-state index in [4.69, 9.17) is 5.11 Å². The first-order chi connectivity index (χ1) is 9.40. The van der Waals surface area contributed by atoms with Crippen LogP contribution in [-0.2, 0) is 9.59 Å². The van der Waals surface area contributed by atoms with E-state index in [1.165, 1.54) is 11.8 Å². The maximum absolute atomic E-state index is 12.0. The average Bonchev–Trinajstić information content (AvgIpc) is 2.85. The number of nitrogens with one attached hydrogen (secondary N) is 1. The molecule has 0 aliphatic carbocycles. The van der Waals surface area contributed by atoms with Crippen molar-refractivity contribution in [1.82, 2.24) is 5.32 Å². The fraction of sp³-hybridized carbons (Fsp3) is 0.571. The van der Waals surface area contributed by atoms with Crippen molar-refractivity contribution in [2.75, 3.05) is 5.75 Å². The van der Waals surface area contributed by atoms with Crippen LogP contribution in [0.1, 0.15) is 38.1 Å². The largest absolute Gasteiger partial charge is 0.481 e. The van der Waals surface area contributed by atoms with Crippen molar-refractivity contribution in [2.24, 2.45) is 5.92 Å². The number of aliphatic carboxylic acids is 1. The van der Waals surface area contributed by atoms with Crippen molar-refractivity contribution in [3.05, 3.63) is 22.4 Å². The van der Waals surface area contributed by atoms with Gasteiger partial charge in [-0.25, -0.2) is 0 Å². The Bertz CT molecular complexity index is 432. The maximum Gasteiger partial charge on any atom is 0.304 e. The van der Waals surface area contributed by atoms with Gasteiger partial charge in [-0.3, -0.25) is 9.59 Å². The molecule has 0 aliphatic rings. The monoisotopic (exact) mass is 315 g/mol. The summed E-state index contributed by atoms with van der Waals surface area (Å²) in [6.45, 7) is 5.97. The minimum atomic E-state index is -0.830. The highest BCUT2D eigenvalue weighted by atomic mass is 32.2. The molecule has 0 bridgehead atoms. The summed E-state index contributed by atoms with van der Waals surface area (Å²) in [5.41, 5.74) is 0. The number of carbonyl (C=O) groups excluding carboxylic acids is 1. The number of carbonyl (C=O) groups is 2. The first-order valence-electron chi connectivity index (χ1n) is 6.56. The molecule has 0 radical (unpaired) electrons. The lowest BCUT2D eigenvalue weighted by Gasteiger charge is -2.21. The molecule has 1 amide bonds. The van der Waals surface area contributed by atoms with Crippen LogP contribution < -0.4 is 5.32 Å². The van der Waals surface area contributed by atoms with E-state index < -0.39 is 5.97 Å². The molecule has 112 valence electrons.